The number of fused-ring (bicyclic) bond motifs is 1. The van der Waals surface area contributed by atoms with Gasteiger partial charge in [-0.05, 0) is 69.5 Å². The van der Waals surface area contributed by atoms with E-state index in [0.29, 0.717) is 17.2 Å². The molecular weight excluding hydrogens is 470 g/mol. The maximum atomic E-state index is 13.4. The summed E-state index contributed by atoms with van der Waals surface area (Å²) in [6.45, 7) is 2.93. The fourth-order valence-electron chi connectivity index (χ4n) is 3.09. The molecule has 0 radical (unpaired) electrons. The van der Waals surface area contributed by atoms with E-state index in [4.69, 9.17) is 4.74 Å². The lowest BCUT2D eigenvalue weighted by Gasteiger charge is -2.21. The summed E-state index contributed by atoms with van der Waals surface area (Å²) in [6, 6.07) is 11.8. The topological polar surface area (TPSA) is 79.8 Å². The molecule has 174 valence electrons. The number of hydrogen-bond donors (Lipinski definition) is 0. The average molecular weight is 498 g/mol. The molecule has 1 aromatic heterocycles. The summed E-state index contributed by atoms with van der Waals surface area (Å²) in [6.07, 6.45) is 0.778. The molecule has 3 aromatic rings. The highest BCUT2D eigenvalue weighted by molar-refractivity contribution is 7.91. The molecule has 0 N–H and O–H groups in total. The lowest BCUT2D eigenvalue weighted by Crippen LogP contribution is -2.33. The molecule has 7 nitrogen and oxygen atoms in total. The molecule has 0 aliphatic rings. The van der Waals surface area contributed by atoms with E-state index in [1.165, 1.54) is 23.5 Å². The third-order valence-corrected chi connectivity index (χ3v) is 7.68. The van der Waals surface area contributed by atoms with Gasteiger partial charge in [0, 0.05) is 12.1 Å². The minimum Gasteiger partial charge on any atom is -0.497 e. The van der Waals surface area contributed by atoms with Crippen molar-refractivity contribution < 1.29 is 17.9 Å². The highest BCUT2D eigenvalue weighted by Gasteiger charge is 2.22. The van der Waals surface area contributed by atoms with Gasteiger partial charge >= 0.3 is 0 Å². The van der Waals surface area contributed by atoms with Gasteiger partial charge in [-0.1, -0.05) is 18.3 Å². The smallest absolute Gasteiger partial charge is 0.260 e. The molecule has 0 spiro atoms. The fourth-order valence-corrected chi connectivity index (χ4v) is 4.99. The average Bonchev–Trinajstić information content (AvgIpc) is 3.19. The minimum atomic E-state index is -3.31. The third kappa shape index (κ3) is 5.98. The van der Waals surface area contributed by atoms with Crippen molar-refractivity contribution in [1.29, 1.82) is 0 Å². The Bertz CT molecular complexity index is 1160. The van der Waals surface area contributed by atoms with Gasteiger partial charge in [-0.2, -0.15) is 0 Å². The Morgan fingerprint density at radius 3 is 2.38 bits per heavy atom. The Morgan fingerprint density at radius 1 is 1.09 bits per heavy atom. The van der Waals surface area contributed by atoms with Gasteiger partial charge in [-0.15, -0.1) is 12.4 Å². The molecule has 0 fully saturated rings. The molecule has 0 atom stereocenters. The van der Waals surface area contributed by atoms with Crippen LogP contribution in [0.2, 0.25) is 0 Å². The van der Waals surface area contributed by atoms with E-state index < -0.39 is 9.84 Å². The van der Waals surface area contributed by atoms with Crippen LogP contribution in [-0.2, 0) is 9.84 Å². The van der Waals surface area contributed by atoms with Crippen LogP contribution in [0.1, 0.15) is 23.7 Å². The molecule has 3 rings (SSSR count). The summed E-state index contributed by atoms with van der Waals surface area (Å²) in [5, 5.41) is 0.609. The molecule has 2 aromatic carbocycles. The summed E-state index contributed by atoms with van der Waals surface area (Å²) in [5.41, 5.74) is 1.23. The lowest BCUT2D eigenvalue weighted by molar-refractivity contribution is 0.0986. The number of thiazole rings is 1. The van der Waals surface area contributed by atoms with Crippen molar-refractivity contribution >= 4 is 54.8 Å². The van der Waals surface area contributed by atoms with Gasteiger partial charge in [0.2, 0.25) is 0 Å². The summed E-state index contributed by atoms with van der Waals surface area (Å²) in [5.74, 6) is 0.553. The summed E-state index contributed by atoms with van der Waals surface area (Å²) < 4.78 is 30.4. The number of sulfone groups is 1. The molecule has 1 heterocycles. The lowest BCUT2D eigenvalue weighted by atomic mass is 10.2. The number of nitrogens with zero attached hydrogens (tertiary/aromatic N) is 3. The first kappa shape index (κ1) is 26.1. The van der Waals surface area contributed by atoms with Gasteiger partial charge in [0.1, 0.15) is 5.75 Å². The monoisotopic (exact) mass is 497 g/mol. The van der Waals surface area contributed by atoms with E-state index in [2.05, 4.69) is 9.88 Å². The van der Waals surface area contributed by atoms with Crippen LogP contribution in [0.3, 0.4) is 0 Å². The zero-order chi connectivity index (χ0) is 22.6. The maximum absolute atomic E-state index is 13.4. The molecule has 0 aliphatic heterocycles. The number of carbonyl (C=O) groups is 1. The number of amides is 1. The van der Waals surface area contributed by atoms with E-state index in [0.717, 1.165) is 28.9 Å². The highest BCUT2D eigenvalue weighted by Crippen LogP contribution is 2.32. The Kier molecular flexibility index (Phi) is 9.03. The van der Waals surface area contributed by atoms with Crippen LogP contribution in [0.5, 0.6) is 5.75 Å². The molecule has 0 unspecified atom stereocenters. The second-order valence-electron chi connectivity index (χ2n) is 7.37. The first-order chi connectivity index (χ1) is 14.7. The van der Waals surface area contributed by atoms with Gasteiger partial charge in [-0.3, -0.25) is 9.69 Å². The van der Waals surface area contributed by atoms with Crippen LogP contribution in [0.25, 0.3) is 10.2 Å². The first-order valence-electron chi connectivity index (χ1n) is 9.99. The Morgan fingerprint density at radius 2 is 1.78 bits per heavy atom. The van der Waals surface area contributed by atoms with Crippen molar-refractivity contribution in [1.82, 2.24) is 9.88 Å². The van der Waals surface area contributed by atoms with Crippen LogP contribution in [0.4, 0.5) is 5.13 Å². The number of ether oxygens (including phenoxy) is 1. The van der Waals surface area contributed by atoms with Crippen molar-refractivity contribution in [2.45, 2.75) is 18.2 Å². The molecule has 32 heavy (non-hydrogen) atoms. The number of benzene rings is 2. The van der Waals surface area contributed by atoms with Crippen LogP contribution >= 0.6 is 23.7 Å². The van der Waals surface area contributed by atoms with E-state index in [9.17, 15) is 13.2 Å². The summed E-state index contributed by atoms with van der Waals surface area (Å²) >= 11 is 1.43. The van der Waals surface area contributed by atoms with Gasteiger partial charge in [-0.25, -0.2) is 13.4 Å². The number of anilines is 1. The largest absolute Gasteiger partial charge is 0.497 e. The third-order valence-electron chi connectivity index (χ3n) is 4.89. The van der Waals surface area contributed by atoms with Gasteiger partial charge in [0.25, 0.3) is 5.91 Å². The van der Waals surface area contributed by atoms with Crippen LogP contribution in [-0.4, -0.2) is 64.3 Å². The number of halogens is 1. The van der Waals surface area contributed by atoms with Crippen molar-refractivity contribution in [3.05, 3.63) is 48.0 Å². The normalized spacial score (nSPS) is 11.4. The van der Waals surface area contributed by atoms with Crippen LogP contribution in [0, 0.1) is 0 Å². The van der Waals surface area contributed by atoms with Crippen LogP contribution < -0.4 is 9.64 Å². The predicted molar refractivity (Wildman–Crippen MR) is 132 cm³/mol. The van der Waals surface area contributed by atoms with Gasteiger partial charge in [0.05, 0.1) is 28.0 Å². The van der Waals surface area contributed by atoms with Crippen molar-refractivity contribution in [2.75, 3.05) is 44.9 Å². The summed E-state index contributed by atoms with van der Waals surface area (Å²) in [7, 11) is 2.28. The maximum Gasteiger partial charge on any atom is 0.260 e. The van der Waals surface area contributed by atoms with Gasteiger partial charge in [0.15, 0.2) is 15.0 Å². The Balaban J connectivity index is 0.00000363. The highest BCUT2D eigenvalue weighted by atomic mass is 35.5. The standard InChI is InChI=1S/C22H27N3O4S2.ClH/c1-5-31(27,28)18-10-7-16(8-11-18)21(26)25(14-6-13-24(2)3)22-23-19-12-9-17(29-4)15-20(19)30-22;/h7-12,15H,5-6,13-14H2,1-4H3;1H. The van der Waals surface area contributed by atoms with Crippen molar-refractivity contribution in [3.63, 3.8) is 0 Å². The SMILES string of the molecule is CCS(=O)(=O)c1ccc(C(=O)N(CCCN(C)C)c2nc3ccc(OC)cc3s2)cc1.Cl. The molecule has 0 saturated heterocycles. The van der Waals surface area contributed by atoms with E-state index >= 15 is 0 Å². The minimum absolute atomic E-state index is 0. The van der Waals surface area contributed by atoms with Crippen molar-refractivity contribution in [2.24, 2.45) is 0 Å². The summed E-state index contributed by atoms with van der Waals surface area (Å²) in [4.78, 5) is 22.0. The second-order valence-corrected chi connectivity index (χ2v) is 10.7. The van der Waals surface area contributed by atoms with Gasteiger partial charge < -0.3 is 9.64 Å². The van der Waals surface area contributed by atoms with Crippen molar-refractivity contribution in [3.8, 4) is 5.75 Å². The molecular formula is C22H28ClN3O4S2. The van der Waals surface area contributed by atoms with E-state index in [1.54, 1.807) is 31.1 Å². The first-order valence-corrected chi connectivity index (χ1v) is 12.5. The quantitative estimate of drug-likeness (QED) is 0.442. The Labute approximate surface area is 199 Å². The molecule has 0 bridgehead atoms. The number of hydrogen-bond acceptors (Lipinski definition) is 7. The molecule has 0 saturated carbocycles. The second kappa shape index (κ2) is 11.1. The van der Waals surface area contributed by atoms with E-state index in [1.807, 2.05) is 32.3 Å². The Hall–Kier alpha value is -2.20. The predicted octanol–water partition coefficient (Wildman–Crippen LogP) is 4.12. The number of rotatable bonds is 9. The zero-order valence-corrected chi connectivity index (χ0v) is 21.0. The molecule has 1 amide bonds. The number of methoxy groups -OCH3 is 1. The molecule has 10 heteroatoms. The number of aromatic nitrogens is 1. The van der Waals surface area contributed by atoms with Crippen LogP contribution in [0.15, 0.2) is 47.4 Å². The fraction of sp³-hybridized carbons (Fsp3) is 0.364. The zero-order valence-electron chi connectivity index (χ0n) is 18.6. The number of carbonyl (C=O) groups excluding carboxylic acids is 1. The molecule has 0 aliphatic carbocycles. The van der Waals surface area contributed by atoms with E-state index in [-0.39, 0.29) is 29.0 Å².